The van der Waals surface area contributed by atoms with E-state index in [1.807, 2.05) is 0 Å². The minimum atomic E-state index is -0.805. The number of rotatable bonds is 2. The van der Waals surface area contributed by atoms with Crippen LogP contribution in [0.2, 0.25) is 5.02 Å². The second kappa shape index (κ2) is 3.77. The summed E-state index contributed by atoms with van der Waals surface area (Å²) in [7, 11) is 0. The predicted molar refractivity (Wildman–Crippen MR) is 56.3 cm³/mol. The maximum Gasteiger partial charge on any atom is 0.134 e. The van der Waals surface area contributed by atoms with E-state index in [2.05, 4.69) is 0 Å². The summed E-state index contributed by atoms with van der Waals surface area (Å²) in [5.41, 5.74) is 5.61. The van der Waals surface area contributed by atoms with Crippen LogP contribution in [0, 0.1) is 0 Å². The van der Waals surface area contributed by atoms with Crippen LogP contribution >= 0.6 is 11.6 Å². The van der Waals surface area contributed by atoms with E-state index in [0.29, 0.717) is 5.56 Å². The van der Waals surface area contributed by atoms with Gasteiger partial charge in [0, 0.05) is 5.54 Å². The number of aliphatic hydroxyl groups is 1. The summed E-state index contributed by atoms with van der Waals surface area (Å²) < 4.78 is 0. The van der Waals surface area contributed by atoms with Crippen LogP contribution in [0.4, 0.5) is 0 Å². The molecule has 0 aromatic heterocycles. The molecule has 0 heterocycles. The topological polar surface area (TPSA) is 66.5 Å². The van der Waals surface area contributed by atoms with Gasteiger partial charge < -0.3 is 15.9 Å². The lowest BCUT2D eigenvalue weighted by Crippen LogP contribution is -2.39. The van der Waals surface area contributed by atoms with Crippen molar-refractivity contribution in [3.63, 3.8) is 0 Å². The van der Waals surface area contributed by atoms with Crippen molar-refractivity contribution in [3.05, 3.63) is 28.8 Å². The van der Waals surface area contributed by atoms with Crippen molar-refractivity contribution >= 4 is 11.6 Å². The largest absolute Gasteiger partial charge is 0.506 e. The summed E-state index contributed by atoms with van der Waals surface area (Å²) in [6, 6.07) is 4.54. The summed E-state index contributed by atoms with van der Waals surface area (Å²) in [5, 5.41) is 19.2. The number of nitrogens with two attached hydrogens (primary N) is 1. The molecular weight excluding hydrogens is 202 g/mol. The van der Waals surface area contributed by atoms with Gasteiger partial charge in [0.05, 0.1) is 11.1 Å². The molecule has 0 fully saturated rings. The Labute approximate surface area is 88.1 Å². The van der Waals surface area contributed by atoms with Crippen molar-refractivity contribution in [3.8, 4) is 5.75 Å². The lowest BCUT2D eigenvalue weighted by molar-refractivity contribution is 0.104. The molecule has 0 aliphatic rings. The normalized spacial score (nSPS) is 14.1. The van der Waals surface area contributed by atoms with Crippen molar-refractivity contribution in [1.82, 2.24) is 0 Å². The van der Waals surface area contributed by atoms with Crippen molar-refractivity contribution < 1.29 is 10.2 Å². The van der Waals surface area contributed by atoms with Gasteiger partial charge in [-0.15, -0.1) is 0 Å². The van der Waals surface area contributed by atoms with Crippen LogP contribution in [0.25, 0.3) is 0 Å². The van der Waals surface area contributed by atoms with Crippen LogP contribution in [0.5, 0.6) is 5.75 Å². The number of benzene rings is 1. The van der Waals surface area contributed by atoms with Crippen LogP contribution in [-0.2, 0) is 0 Å². The fourth-order valence-corrected chi connectivity index (χ4v) is 1.31. The Morgan fingerprint density at radius 2 is 2.00 bits per heavy atom. The lowest BCUT2D eigenvalue weighted by atomic mass is 9.92. The zero-order chi connectivity index (χ0) is 10.9. The molecule has 0 spiro atoms. The molecule has 3 nitrogen and oxygen atoms in total. The summed E-state index contributed by atoms with van der Waals surface area (Å²) in [6.07, 6.45) is -0.805. The van der Waals surface area contributed by atoms with E-state index >= 15 is 0 Å². The van der Waals surface area contributed by atoms with E-state index < -0.39 is 11.6 Å². The monoisotopic (exact) mass is 215 g/mol. The Hall–Kier alpha value is -0.770. The molecule has 0 radical (unpaired) electrons. The molecule has 78 valence electrons. The molecule has 14 heavy (non-hydrogen) atoms. The van der Waals surface area contributed by atoms with Crippen LogP contribution in [0.3, 0.4) is 0 Å². The van der Waals surface area contributed by atoms with Gasteiger partial charge in [-0.3, -0.25) is 0 Å². The Morgan fingerprint density at radius 1 is 1.43 bits per heavy atom. The number of hydrogen-bond acceptors (Lipinski definition) is 3. The molecule has 0 amide bonds. The van der Waals surface area contributed by atoms with Crippen molar-refractivity contribution in [2.45, 2.75) is 25.5 Å². The second-order valence-electron chi connectivity index (χ2n) is 3.93. The molecule has 4 N–H and O–H groups in total. The highest BCUT2D eigenvalue weighted by Crippen LogP contribution is 2.30. The molecule has 0 aliphatic heterocycles. The number of halogens is 1. The molecule has 0 saturated carbocycles. The second-order valence-corrected chi connectivity index (χ2v) is 4.34. The third kappa shape index (κ3) is 2.38. The molecule has 1 rings (SSSR count). The SMILES string of the molecule is CC(C)(N)C(O)c1ccc(O)c(Cl)c1. The molecule has 1 atom stereocenters. The van der Waals surface area contributed by atoms with Gasteiger partial charge in [0.1, 0.15) is 5.75 Å². The first-order chi connectivity index (χ1) is 6.32. The minimum Gasteiger partial charge on any atom is -0.506 e. The molecule has 0 aliphatic carbocycles. The van der Waals surface area contributed by atoms with Crippen molar-refractivity contribution in [1.29, 1.82) is 0 Å². The third-order valence-corrected chi connectivity index (χ3v) is 2.29. The van der Waals surface area contributed by atoms with Gasteiger partial charge in [-0.1, -0.05) is 17.7 Å². The van der Waals surface area contributed by atoms with Crippen molar-refractivity contribution in [2.24, 2.45) is 5.73 Å². The van der Waals surface area contributed by atoms with E-state index in [1.165, 1.54) is 12.1 Å². The Bertz CT molecular complexity index is 333. The summed E-state index contributed by atoms with van der Waals surface area (Å²) in [6.45, 7) is 3.44. The van der Waals surface area contributed by atoms with Gasteiger partial charge in [-0.2, -0.15) is 0 Å². The highest BCUT2D eigenvalue weighted by Gasteiger charge is 2.24. The number of aromatic hydroxyl groups is 1. The fourth-order valence-electron chi connectivity index (χ4n) is 1.12. The number of aliphatic hydroxyl groups excluding tert-OH is 1. The van der Waals surface area contributed by atoms with Gasteiger partial charge in [-0.25, -0.2) is 0 Å². The number of phenolic OH excluding ortho intramolecular Hbond substituents is 1. The zero-order valence-corrected chi connectivity index (χ0v) is 8.92. The highest BCUT2D eigenvalue weighted by molar-refractivity contribution is 6.32. The first-order valence-corrected chi connectivity index (χ1v) is 4.65. The van der Waals surface area contributed by atoms with Crippen LogP contribution in [-0.4, -0.2) is 15.8 Å². The average molecular weight is 216 g/mol. The van der Waals surface area contributed by atoms with E-state index in [-0.39, 0.29) is 10.8 Å². The fraction of sp³-hybridized carbons (Fsp3) is 0.400. The number of hydrogen-bond donors (Lipinski definition) is 3. The zero-order valence-electron chi connectivity index (χ0n) is 8.16. The molecule has 0 bridgehead atoms. The molecule has 1 aromatic carbocycles. The summed E-state index contributed by atoms with van der Waals surface area (Å²) >= 11 is 5.71. The maximum atomic E-state index is 9.81. The van der Waals surface area contributed by atoms with E-state index in [4.69, 9.17) is 17.3 Å². The standard InChI is InChI=1S/C10H14ClNO2/c1-10(2,12)9(14)6-3-4-8(13)7(11)5-6/h3-5,9,13-14H,12H2,1-2H3. The summed E-state index contributed by atoms with van der Waals surface area (Å²) in [5.74, 6) is -0.00237. The van der Waals surface area contributed by atoms with Crippen molar-refractivity contribution in [2.75, 3.05) is 0 Å². The van der Waals surface area contributed by atoms with Crippen LogP contribution in [0.15, 0.2) is 18.2 Å². The van der Waals surface area contributed by atoms with Gasteiger partial charge in [0.25, 0.3) is 0 Å². The first kappa shape index (κ1) is 11.3. The number of phenols is 1. The summed E-state index contributed by atoms with van der Waals surface area (Å²) in [4.78, 5) is 0. The highest BCUT2D eigenvalue weighted by atomic mass is 35.5. The van der Waals surface area contributed by atoms with Gasteiger partial charge in [-0.05, 0) is 31.5 Å². The molecule has 4 heteroatoms. The van der Waals surface area contributed by atoms with E-state index in [9.17, 15) is 10.2 Å². The lowest BCUT2D eigenvalue weighted by Gasteiger charge is -2.26. The Kier molecular flexibility index (Phi) is 3.04. The van der Waals surface area contributed by atoms with Gasteiger partial charge in [0.2, 0.25) is 0 Å². The van der Waals surface area contributed by atoms with E-state index in [1.54, 1.807) is 19.9 Å². The van der Waals surface area contributed by atoms with Gasteiger partial charge in [0.15, 0.2) is 0 Å². The molecule has 0 saturated heterocycles. The van der Waals surface area contributed by atoms with E-state index in [0.717, 1.165) is 0 Å². The molecular formula is C10H14ClNO2. The Balaban J connectivity index is 3.03. The minimum absolute atomic E-state index is 0.00237. The Morgan fingerprint density at radius 3 is 2.43 bits per heavy atom. The van der Waals surface area contributed by atoms with Crippen LogP contribution in [0.1, 0.15) is 25.5 Å². The quantitative estimate of drug-likeness (QED) is 0.705. The third-order valence-electron chi connectivity index (χ3n) is 1.99. The average Bonchev–Trinajstić information content (AvgIpc) is 2.07. The molecule has 1 aromatic rings. The molecule has 1 unspecified atom stereocenters. The predicted octanol–water partition coefficient (Wildman–Crippen LogP) is 1.82. The first-order valence-electron chi connectivity index (χ1n) is 4.27. The van der Waals surface area contributed by atoms with Crippen LogP contribution < -0.4 is 5.73 Å². The van der Waals surface area contributed by atoms with Gasteiger partial charge >= 0.3 is 0 Å². The smallest absolute Gasteiger partial charge is 0.134 e. The maximum absolute atomic E-state index is 9.81.